The number of aromatic nitrogens is 3. The Labute approximate surface area is 153 Å². The highest BCUT2D eigenvalue weighted by Gasteiger charge is 2.16. The van der Waals surface area contributed by atoms with Crippen molar-refractivity contribution in [3.63, 3.8) is 0 Å². The second-order valence-electron chi connectivity index (χ2n) is 5.75. The molecular formula is C18H16F3N5O. The minimum Gasteiger partial charge on any atom is -0.394 e. The molecule has 2 aromatic heterocycles. The maximum absolute atomic E-state index is 14.0. The van der Waals surface area contributed by atoms with Crippen LogP contribution in [0.3, 0.4) is 0 Å². The Balaban J connectivity index is 2.04. The summed E-state index contributed by atoms with van der Waals surface area (Å²) in [4.78, 5) is 12.6. The predicted molar refractivity (Wildman–Crippen MR) is 95.0 cm³/mol. The fourth-order valence-electron chi connectivity index (χ4n) is 2.26. The average Bonchev–Trinajstić information content (AvgIpc) is 2.68. The Kier molecular flexibility index (Phi) is 5.51. The average molecular weight is 375 g/mol. The van der Waals surface area contributed by atoms with E-state index >= 15 is 0 Å². The summed E-state index contributed by atoms with van der Waals surface area (Å²) in [7, 11) is 0. The lowest BCUT2D eigenvalue weighted by Gasteiger charge is -2.14. The number of rotatable bonds is 6. The van der Waals surface area contributed by atoms with E-state index in [0.29, 0.717) is 17.5 Å². The molecule has 0 aliphatic heterocycles. The number of pyridine rings is 1. The molecule has 3 N–H and O–H groups in total. The highest BCUT2D eigenvalue weighted by atomic mass is 19.2. The van der Waals surface area contributed by atoms with Gasteiger partial charge < -0.3 is 15.7 Å². The molecule has 0 aliphatic rings. The van der Waals surface area contributed by atoms with Crippen molar-refractivity contribution in [3.8, 4) is 11.4 Å². The first-order valence-electron chi connectivity index (χ1n) is 8.06. The van der Waals surface area contributed by atoms with Crippen LogP contribution >= 0.6 is 0 Å². The number of hydrogen-bond donors (Lipinski definition) is 3. The monoisotopic (exact) mass is 375 g/mol. The summed E-state index contributed by atoms with van der Waals surface area (Å²) in [5.74, 6) is -3.37. The van der Waals surface area contributed by atoms with Crippen LogP contribution in [0.2, 0.25) is 0 Å². The van der Waals surface area contributed by atoms with Gasteiger partial charge in [-0.3, -0.25) is 4.98 Å². The van der Waals surface area contributed by atoms with Crippen molar-refractivity contribution >= 4 is 17.5 Å². The smallest absolute Gasteiger partial charge is 0.225 e. The van der Waals surface area contributed by atoms with E-state index in [4.69, 9.17) is 0 Å². The zero-order chi connectivity index (χ0) is 19.4. The van der Waals surface area contributed by atoms with Gasteiger partial charge in [0.05, 0.1) is 18.0 Å². The highest BCUT2D eigenvalue weighted by molar-refractivity contribution is 5.65. The van der Waals surface area contributed by atoms with Crippen molar-refractivity contribution < 1.29 is 18.3 Å². The van der Waals surface area contributed by atoms with Crippen molar-refractivity contribution in [1.82, 2.24) is 15.0 Å². The van der Waals surface area contributed by atoms with Gasteiger partial charge in [-0.05, 0) is 31.2 Å². The maximum atomic E-state index is 14.0. The molecule has 0 amide bonds. The molecular weight excluding hydrogens is 359 g/mol. The van der Waals surface area contributed by atoms with Crippen LogP contribution < -0.4 is 10.6 Å². The summed E-state index contributed by atoms with van der Waals surface area (Å²) in [6, 6.07) is 7.77. The molecule has 0 spiro atoms. The Morgan fingerprint density at radius 1 is 1.04 bits per heavy atom. The molecule has 0 saturated carbocycles. The van der Waals surface area contributed by atoms with Crippen LogP contribution in [-0.2, 0) is 0 Å². The van der Waals surface area contributed by atoms with E-state index in [2.05, 4.69) is 25.6 Å². The summed E-state index contributed by atoms with van der Waals surface area (Å²) in [5, 5.41) is 14.5. The van der Waals surface area contributed by atoms with Gasteiger partial charge in [0, 0.05) is 18.3 Å². The molecule has 1 atom stereocenters. The van der Waals surface area contributed by atoms with E-state index in [-0.39, 0.29) is 24.4 Å². The van der Waals surface area contributed by atoms with Crippen LogP contribution in [0.4, 0.5) is 30.6 Å². The van der Waals surface area contributed by atoms with Gasteiger partial charge in [-0.2, -0.15) is 4.98 Å². The molecule has 9 heteroatoms. The number of anilines is 3. The largest absolute Gasteiger partial charge is 0.394 e. The molecule has 27 heavy (non-hydrogen) atoms. The topological polar surface area (TPSA) is 83.0 Å². The fraction of sp³-hybridized carbons (Fsp3) is 0.167. The van der Waals surface area contributed by atoms with Crippen molar-refractivity contribution in [1.29, 1.82) is 0 Å². The molecule has 3 rings (SSSR count). The zero-order valence-corrected chi connectivity index (χ0v) is 14.2. The normalized spacial score (nSPS) is 11.9. The SMILES string of the molecule is C[C@@H](CO)Nc1nc(Nc2c(F)ccc(F)c2F)cc(-c2ccccn2)n1. The number of aliphatic hydroxyl groups is 1. The van der Waals surface area contributed by atoms with Crippen LogP contribution in [0, 0.1) is 17.5 Å². The summed E-state index contributed by atoms with van der Waals surface area (Å²) < 4.78 is 41.3. The Morgan fingerprint density at radius 3 is 2.52 bits per heavy atom. The van der Waals surface area contributed by atoms with Crippen LogP contribution in [0.5, 0.6) is 0 Å². The molecule has 3 aromatic rings. The van der Waals surface area contributed by atoms with Crippen LogP contribution in [-0.4, -0.2) is 32.7 Å². The number of nitrogens with zero attached hydrogens (tertiary/aromatic N) is 3. The van der Waals surface area contributed by atoms with E-state index in [0.717, 1.165) is 6.07 Å². The number of hydrogen-bond acceptors (Lipinski definition) is 6. The van der Waals surface area contributed by atoms with Gasteiger partial charge in [0.15, 0.2) is 11.6 Å². The van der Waals surface area contributed by atoms with Gasteiger partial charge in [-0.1, -0.05) is 6.07 Å². The lowest BCUT2D eigenvalue weighted by atomic mass is 10.2. The molecule has 2 heterocycles. The Hall–Kier alpha value is -3.20. The molecule has 0 fully saturated rings. The maximum Gasteiger partial charge on any atom is 0.225 e. The first-order valence-corrected chi connectivity index (χ1v) is 8.06. The third-order valence-corrected chi connectivity index (χ3v) is 3.60. The van der Waals surface area contributed by atoms with Crippen molar-refractivity contribution in [3.05, 3.63) is 60.0 Å². The molecule has 0 radical (unpaired) electrons. The molecule has 0 bridgehead atoms. The minimum absolute atomic E-state index is 0.0293. The van der Waals surface area contributed by atoms with Gasteiger partial charge in [-0.25, -0.2) is 18.2 Å². The summed E-state index contributed by atoms with van der Waals surface area (Å²) in [5.41, 5.74) is 0.211. The molecule has 6 nitrogen and oxygen atoms in total. The lowest BCUT2D eigenvalue weighted by Crippen LogP contribution is -2.21. The van der Waals surface area contributed by atoms with Gasteiger partial charge in [0.1, 0.15) is 17.3 Å². The Morgan fingerprint density at radius 2 is 1.81 bits per heavy atom. The molecule has 1 aromatic carbocycles. The highest BCUT2D eigenvalue weighted by Crippen LogP contribution is 2.27. The van der Waals surface area contributed by atoms with E-state index < -0.39 is 23.1 Å². The third kappa shape index (κ3) is 4.32. The second-order valence-corrected chi connectivity index (χ2v) is 5.75. The molecule has 140 valence electrons. The first-order chi connectivity index (χ1) is 13.0. The summed E-state index contributed by atoms with van der Waals surface area (Å²) in [6.45, 7) is 1.53. The standard InChI is InChI=1S/C18H16F3N5O/c1-10(9-27)23-18-24-14(13-4-2-3-7-22-13)8-15(26-18)25-17-12(20)6-5-11(19)16(17)21/h2-8,10,27H,9H2,1H3,(H2,23,24,25,26)/t10-/m0/s1. The molecule has 0 aliphatic carbocycles. The van der Waals surface area contributed by atoms with Gasteiger partial charge in [0.25, 0.3) is 0 Å². The number of benzene rings is 1. The van der Waals surface area contributed by atoms with Crippen molar-refractivity contribution in [2.45, 2.75) is 13.0 Å². The zero-order valence-electron chi connectivity index (χ0n) is 14.2. The lowest BCUT2D eigenvalue weighted by molar-refractivity contribution is 0.281. The van der Waals surface area contributed by atoms with Crippen LogP contribution in [0.25, 0.3) is 11.4 Å². The van der Waals surface area contributed by atoms with Crippen molar-refractivity contribution in [2.24, 2.45) is 0 Å². The minimum atomic E-state index is -1.36. The van der Waals surface area contributed by atoms with E-state index in [1.807, 2.05) is 0 Å². The third-order valence-electron chi connectivity index (χ3n) is 3.60. The number of aliphatic hydroxyl groups excluding tert-OH is 1. The van der Waals surface area contributed by atoms with Gasteiger partial charge in [-0.15, -0.1) is 0 Å². The van der Waals surface area contributed by atoms with Crippen LogP contribution in [0.15, 0.2) is 42.6 Å². The van der Waals surface area contributed by atoms with E-state index in [9.17, 15) is 18.3 Å². The summed E-state index contributed by atoms with van der Waals surface area (Å²) >= 11 is 0. The van der Waals surface area contributed by atoms with Gasteiger partial charge >= 0.3 is 0 Å². The van der Waals surface area contributed by atoms with E-state index in [1.165, 1.54) is 6.07 Å². The molecule has 0 saturated heterocycles. The van der Waals surface area contributed by atoms with Crippen molar-refractivity contribution in [2.75, 3.05) is 17.2 Å². The number of halogens is 3. The Bertz CT molecular complexity index is 940. The predicted octanol–water partition coefficient (Wildman–Crippen LogP) is 3.49. The first kappa shape index (κ1) is 18.6. The summed E-state index contributed by atoms with van der Waals surface area (Å²) in [6.07, 6.45) is 1.57. The quantitative estimate of drug-likeness (QED) is 0.572. The van der Waals surface area contributed by atoms with Gasteiger partial charge in [0.2, 0.25) is 5.95 Å². The van der Waals surface area contributed by atoms with E-state index in [1.54, 1.807) is 31.3 Å². The molecule has 0 unspecified atom stereocenters. The van der Waals surface area contributed by atoms with Crippen LogP contribution in [0.1, 0.15) is 6.92 Å². The number of nitrogens with one attached hydrogen (secondary N) is 2. The fourth-order valence-corrected chi connectivity index (χ4v) is 2.26. The second kappa shape index (κ2) is 8.00.